The van der Waals surface area contributed by atoms with Crippen LogP contribution in [-0.4, -0.2) is 74.5 Å². The van der Waals surface area contributed by atoms with E-state index in [0.717, 1.165) is 29.4 Å². The van der Waals surface area contributed by atoms with Crippen molar-refractivity contribution in [3.8, 4) is 0 Å². The van der Waals surface area contributed by atoms with Crippen LogP contribution in [-0.2, 0) is 32.0 Å². The average molecular weight is 538 g/mol. The Labute approximate surface area is 225 Å². The molecule has 2 aromatic heterocycles. The summed E-state index contributed by atoms with van der Waals surface area (Å²) >= 11 is 0. The molecule has 39 heavy (non-hydrogen) atoms. The molecule has 12 nitrogen and oxygen atoms in total. The zero-order valence-electron chi connectivity index (χ0n) is 22.0. The Morgan fingerprint density at radius 1 is 1.03 bits per heavy atom. The molecule has 1 saturated heterocycles. The van der Waals surface area contributed by atoms with Crippen molar-refractivity contribution in [1.29, 1.82) is 0 Å². The highest BCUT2D eigenvalue weighted by Crippen LogP contribution is 2.19. The summed E-state index contributed by atoms with van der Waals surface area (Å²) in [6, 6.07) is 3.96. The molecule has 4 atom stereocenters. The molecule has 12 heteroatoms. The molecule has 0 bridgehead atoms. The van der Waals surface area contributed by atoms with Crippen LogP contribution in [0.3, 0.4) is 0 Å². The summed E-state index contributed by atoms with van der Waals surface area (Å²) in [7, 11) is 0. The van der Waals surface area contributed by atoms with Crippen molar-refractivity contribution in [2.45, 2.75) is 63.7 Å². The number of nitrogens with zero attached hydrogens (tertiary/aromatic N) is 1. The van der Waals surface area contributed by atoms with Crippen molar-refractivity contribution in [1.82, 2.24) is 36.2 Å². The fraction of sp³-hybridized carbons (Fsp3) is 0.444. The Balaban J connectivity index is 1.57. The van der Waals surface area contributed by atoms with Crippen LogP contribution < -0.4 is 21.3 Å². The van der Waals surface area contributed by atoms with Crippen LogP contribution in [0, 0.1) is 5.92 Å². The lowest BCUT2D eigenvalue weighted by atomic mass is 10.0. The van der Waals surface area contributed by atoms with Crippen LogP contribution >= 0.6 is 0 Å². The largest absolute Gasteiger partial charge is 0.480 e. The van der Waals surface area contributed by atoms with E-state index in [-0.39, 0.29) is 24.7 Å². The summed E-state index contributed by atoms with van der Waals surface area (Å²) in [5.41, 5.74) is 2.29. The molecular weight excluding hydrogens is 502 g/mol. The maximum Gasteiger partial charge on any atom is 0.326 e. The van der Waals surface area contributed by atoms with Crippen LogP contribution in [0.4, 0.5) is 0 Å². The number of carbonyl (C=O) groups excluding carboxylic acids is 3. The van der Waals surface area contributed by atoms with Gasteiger partial charge in [-0.2, -0.15) is 0 Å². The Bertz CT molecular complexity index is 1300. The third-order valence-electron chi connectivity index (χ3n) is 6.95. The molecule has 7 N–H and O–H groups in total. The summed E-state index contributed by atoms with van der Waals surface area (Å²) in [6.07, 6.45) is 6.59. The van der Waals surface area contributed by atoms with Crippen LogP contribution in [0.2, 0.25) is 0 Å². The third kappa shape index (κ3) is 7.02. The standard InChI is InChI=1S/C27H35N7O5/c1-15(2)23(27(38)39)34-26(37)21(10-16-12-30-19-7-4-3-6-18(16)19)32-25(36)22(11-17-13-28-14-31-17)33-24(35)20-8-5-9-29-20/h3-4,6-7,12-15,20-23,29-30H,5,8-11H2,1-2H3,(H,28,31)(H,32,36)(H,33,35)(H,34,37)(H,38,39). The molecular formula is C27H35N7O5. The van der Waals surface area contributed by atoms with E-state index in [1.807, 2.05) is 24.3 Å². The van der Waals surface area contributed by atoms with Gasteiger partial charge in [-0.25, -0.2) is 9.78 Å². The van der Waals surface area contributed by atoms with Crippen LogP contribution in [0.25, 0.3) is 10.9 Å². The van der Waals surface area contributed by atoms with E-state index < -0.39 is 42.0 Å². The van der Waals surface area contributed by atoms with Gasteiger partial charge in [-0.1, -0.05) is 32.0 Å². The second kappa shape index (κ2) is 12.6. The number of aromatic nitrogens is 3. The summed E-state index contributed by atoms with van der Waals surface area (Å²) in [4.78, 5) is 61.8. The Hall–Kier alpha value is -4.19. The van der Waals surface area contributed by atoms with Gasteiger partial charge in [-0.15, -0.1) is 0 Å². The van der Waals surface area contributed by atoms with Gasteiger partial charge in [0.15, 0.2) is 0 Å². The second-order valence-electron chi connectivity index (χ2n) is 10.2. The summed E-state index contributed by atoms with van der Waals surface area (Å²) in [6.45, 7) is 4.11. The molecule has 1 aliphatic heterocycles. The number of fused-ring (bicyclic) bond motifs is 1. The summed E-state index contributed by atoms with van der Waals surface area (Å²) in [5, 5.41) is 21.8. The maximum absolute atomic E-state index is 13.6. The van der Waals surface area contributed by atoms with E-state index in [9.17, 15) is 24.3 Å². The fourth-order valence-electron chi connectivity index (χ4n) is 4.78. The number of nitrogens with one attached hydrogen (secondary N) is 6. The van der Waals surface area contributed by atoms with Crippen LogP contribution in [0.15, 0.2) is 43.0 Å². The lowest BCUT2D eigenvalue weighted by Gasteiger charge is -2.26. The van der Waals surface area contributed by atoms with Gasteiger partial charge >= 0.3 is 5.97 Å². The summed E-state index contributed by atoms with van der Waals surface area (Å²) in [5.74, 6) is -3.02. The molecule has 0 radical (unpaired) electrons. The lowest BCUT2D eigenvalue weighted by Crippen LogP contribution is -2.58. The number of benzene rings is 1. The number of imidazole rings is 1. The molecule has 1 aliphatic rings. The number of hydrogen-bond donors (Lipinski definition) is 7. The monoisotopic (exact) mass is 537 g/mol. The van der Waals surface area contributed by atoms with Gasteiger partial charge in [0.2, 0.25) is 17.7 Å². The van der Waals surface area contributed by atoms with Gasteiger partial charge in [0.05, 0.1) is 12.4 Å². The minimum Gasteiger partial charge on any atom is -0.480 e. The minimum absolute atomic E-state index is 0.112. The molecule has 4 rings (SSSR count). The number of rotatable bonds is 12. The van der Waals surface area contributed by atoms with Crippen molar-refractivity contribution < 1.29 is 24.3 Å². The molecule has 4 unspecified atom stereocenters. The van der Waals surface area contributed by atoms with Crippen molar-refractivity contribution in [3.05, 3.63) is 54.2 Å². The SMILES string of the molecule is CC(C)C(NC(=O)C(Cc1c[nH]c2ccccc12)NC(=O)C(Cc1cnc[nH]1)NC(=O)C1CCCN1)C(=O)O. The van der Waals surface area contributed by atoms with Crippen LogP contribution in [0.1, 0.15) is 37.9 Å². The highest BCUT2D eigenvalue weighted by atomic mass is 16.4. The number of carboxylic acid groups (broad SMARTS) is 1. The lowest BCUT2D eigenvalue weighted by molar-refractivity contribution is -0.143. The molecule has 1 fully saturated rings. The van der Waals surface area contributed by atoms with Gasteiger partial charge in [-0.3, -0.25) is 14.4 Å². The minimum atomic E-state index is -1.16. The van der Waals surface area contributed by atoms with E-state index in [1.165, 1.54) is 6.33 Å². The van der Waals surface area contributed by atoms with Crippen molar-refractivity contribution >= 4 is 34.6 Å². The molecule has 0 spiro atoms. The number of aromatic amines is 2. The molecule has 3 aromatic rings. The molecule has 0 aliphatic carbocycles. The quantitative estimate of drug-likeness (QED) is 0.177. The first-order chi connectivity index (χ1) is 18.7. The first kappa shape index (κ1) is 27.8. The van der Waals surface area contributed by atoms with E-state index in [1.54, 1.807) is 26.2 Å². The van der Waals surface area contributed by atoms with Gasteiger partial charge in [0.1, 0.15) is 18.1 Å². The number of carbonyl (C=O) groups is 4. The number of para-hydroxylation sites is 1. The van der Waals surface area contributed by atoms with Gasteiger partial charge in [-0.05, 0) is 36.9 Å². The van der Waals surface area contributed by atoms with E-state index in [2.05, 4.69) is 36.2 Å². The molecule has 1 aromatic carbocycles. The fourth-order valence-corrected chi connectivity index (χ4v) is 4.78. The Morgan fingerprint density at radius 2 is 1.77 bits per heavy atom. The number of aliphatic carboxylic acids is 1. The van der Waals surface area contributed by atoms with Gasteiger partial charge in [0.25, 0.3) is 0 Å². The normalized spacial score (nSPS) is 17.5. The van der Waals surface area contributed by atoms with Crippen LogP contribution in [0.5, 0.6) is 0 Å². The van der Waals surface area contributed by atoms with Gasteiger partial charge < -0.3 is 36.3 Å². The number of hydrogen-bond acceptors (Lipinski definition) is 6. The zero-order chi connectivity index (χ0) is 27.9. The van der Waals surface area contributed by atoms with Gasteiger partial charge in [0, 0.05) is 41.8 Å². The topological polar surface area (TPSA) is 181 Å². The Kier molecular flexibility index (Phi) is 8.97. The van der Waals surface area contributed by atoms with E-state index in [4.69, 9.17) is 0 Å². The zero-order valence-corrected chi connectivity index (χ0v) is 22.0. The molecule has 3 heterocycles. The Morgan fingerprint density at radius 3 is 2.44 bits per heavy atom. The van der Waals surface area contributed by atoms with Crippen molar-refractivity contribution in [3.63, 3.8) is 0 Å². The highest BCUT2D eigenvalue weighted by molar-refractivity contribution is 5.95. The molecule has 208 valence electrons. The number of H-pyrrole nitrogens is 2. The van der Waals surface area contributed by atoms with E-state index >= 15 is 0 Å². The van der Waals surface area contributed by atoms with E-state index in [0.29, 0.717) is 12.1 Å². The second-order valence-corrected chi connectivity index (χ2v) is 10.2. The maximum atomic E-state index is 13.6. The third-order valence-corrected chi connectivity index (χ3v) is 6.95. The highest BCUT2D eigenvalue weighted by Gasteiger charge is 2.33. The predicted molar refractivity (Wildman–Crippen MR) is 144 cm³/mol. The first-order valence-electron chi connectivity index (χ1n) is 13.1. The first-order valence-corrected chi connectivity index (χ1v) is 13.1. The average Bonchev–Trinajstić information content (AvgIpc) is 3.69. The van der Waals surface area contributed by atoms with Crippen molar-refractivity contribution in [2.24, 2.45) is 5.92 Å². The predicted octanol–water partition coefficient (Wildman–Crippen LogP) is 0.623. The molecule has 3 amide bonds. The van der Waals surface area contributed by atoms with Crippen molar-refractivity contribution in [2.75, 3.05) is 6.54 Å². The number of amides is 3. The smallest absolute Gasteiger partial charge is 0.326 e. The summed E-state index contributed by atoms with van der Waals surface area (Å²) < 4.78 is 0. The molecule has 0 saturated carbocycles. The number of carboxylic acids is 1.